The van der Waals surface area contributed by atoms with Crippen LogP contribution in [0.25, 0.3) is 0 Å². The molecule has 0 bridgehead atoms. The summed E-state index contributed by atoms with van der Waals surface area (Å²) in [5, 5.41) is 2.93. The van der Waals surface area contributed by atoms with Crippen LogP contribution in [0.2, 0.25) is 0 Å². The van der Waals surface area contributed by atoms with Gasteiger partial charge in [0.1, 0.15) is 0 Å². The van der Waals surface area contributed by atoms with Crippen molar-refractivity contribution in [3.63, 3.8) is 0 Å². The standard InChI is InChI=1S/C22H33N3O3/c1-2-3-4-5-9-12-20(26)24-25-22(28)18-13-15-19(16-14-18)23-21(27)17-10-7-6-8-11-17/h13-17H,2-12H2,1H3,(H,23,27)(H,24,26)(H,25,28). The second-order valence-corrected chi connectivity index (χ2v) is 7.57. The number of nitrogens with one attached hydrogen (secondary N) is 3. The van der Waals surface area contributed by atoms with Crippen LogP contribution in [0.3, 0.4) is 0 Å². The molecule has 6 heteroatoms. The van der Waals surface area contributed by atoms with E-state index in [0.29, 0.717) is 17.7 Å². The van der Waals surface area contributed by atoms with Gasteiger partial charge in [-0.3, -0.25) is 25.2 Å². The van der Waals surface area contributed by atoms with Crippen molar-refractivity contribution in [1.29, 1.82) is 0 Å². The van der Waals surface area contributed by atoms with Gasteiger partial charge >= 0.3 is 0 Å². The fourth-order valence-electron chi connectivity index (χ4n) is 3.46. The number of amides is 3. The molecule has 154 valence electrons. The SMILES string of the molecule is CCCCCCCC(=O)NNC(=O)c1ccc(NC(=O)C2CCCCC2)cc1. The highest BCUT2D eigenvalue weighted by Crippen LogP contribution is 2.25. The predicted octanol–water partition coefficient (Wildman–Crippen LogP) is 4.33. The number of unbranched alkanes of at least 4 members (excludes halogenated alkanes) is 4. The first-order valence-corrected chi connectivity index (χ1v) is 10.6. The van der Waals surface area contributed by atoms with Gasteiger partial charge in [0.05, 0.1) is 0 Å². The lowest BCUT2D eigenvalue weighted by atomic mass is 9.88. The molecule has 1 aliphatic rings. The summed E-state index contributed by atoms with van der Waals surface area (Å²) in [6.07, 6.45) is 11.1. The molecule has 0 radical (unpaired) electrons. The number of benzene rings is 1. The zero-order chi connectivity index (χ0) is 20.2. The zero-order valence-electron chi connectivity index (χ0n) is 16.9. The van der Waals surface area contributed by atoms with Crippen molar-refractivity contribution in [2.75, 3.05) is 5.32 Å². The fraction of sp³-hybridized carbons (Fsp3) is 0.591. The van der Waals surface area contributed by atoms with E-state index >= 15 is 0 Å². The molecule has 0 atom stereocenters. The van der Waals surface area contributed by atoms with Gasteiger partial charge in [-0.2, -0.15) is 0 Å². The highest BCUT2D eigenvalue weighted by Gasteiger charge is 2.21. The Morgan fingerprint density at radius 3 is 2.25 bits per heavy atom. The Morgan fingerprint density at radius 1 is 0.893 bits per heavy atom. The second kappa shape index (κ2) is 12.2. The van der Waals surface area contributed by atoms with Gasteiger partial charge in [-0.25, -0.2) is 0 Å². The van der Waals surface area contributed by atoms with Crippen LogP contribution in [0, 0.1) is 5.92 Å². The van der Waals surface area contributed by atoms with Gasteiger partial charge in [0.15, 0.2) is 0 Å². The maximum Gasteiger partial charge on any atom is 0.269 e. The average Bonchev–Trinajstić information content (AvgIpc) is 2.73. The molecule has 3 N–H and O–H groups in total. The summed E-state index contributed by atoms with van der Waals surface area (Å²) >= 11 is 0. The smallest absolute Gasteiger partial charge is 0.269 e. The Morgan fingerprint density at radius 2 is 1.57 bits per heavy atom. The van der Waals surface area contributed by atoms with Gasteiger partial charge in [-0.15, -0.1) is 0 Å². The van der Waals surface area contributed by atoms with E-state index in [1.807, 2.05) is 0 Å². The average molecular weight is 388 g/mol. The molecule has 0 aliphatic heterocycles. The third kappa shape index (κ3) is 7.71. The number of carbonyl (C=O) groups excluding carboxylic acids is 3. The predicted molar refractivity (Wildman–Crippen MR) is 111 cm³/mol. The number of hydrogen-bond donors (Lipinski definition) is 3. The molecule has 1 aromatic carbocycles. The zero-order valence-corrected chi connectivity index (χ0v) is 16.9. The first-order valence-electron chi connectivity index (χ1n) is 10.6. The molecule has 2 rings (SSSR count). The summed E-state index contributed by atoms with van der Waals surface area (Å²) in [4.78, 5) is 36.2. The molecular weight excluding hydrogens is 354 g/mol. The maximum absolute atomic E-state index is 12.3. The molecule has 0 spiro atoms. The van der Waals surface area contributed by atoms with E-state index in [-0.39, 0.29) is 23.6 Å². The lowest BCUT2D eigenvalue weighted by molar-refractivity contribution is -0.122. The van der Waals surface area contributed by atoms with Crippen molar-refractivity contribution >= 4 is 23.4 Å². The summed E-state index contributed by atoms with van der Waals surface area (Å²) in [5.74, 6) is -0.400. The van der Waals surface area contributed by atoms with E-state index in [1.165, 1.54) is 19.3 Å². The first-order chi connectivity index (χ1) is 13.6. The van der Waals surface area contributed by atoms with Crippen LogP contribution in [0.4, 0.5) is 5.69 Å². The molecule has 0 unspecified atom stereocenters. The Balaban J connectivity index is 1.70. The lowest BCUT2D eigenvalue weighted by Crippen LogP contribution is -2.41. The van der Waals surface area contributed by atoms with Gasteiger partial charge in [-0.05, 0) is 43.5 Å². The Labute approximate surface area is 167 Å². The third-order valence-electron chi connectivity index (χ3n) is 5.21. The van der Waals surface area contributed by atoms with Crippen LogP contribution in [-0.4, -0.2) is 17.7 Å². The number of hydrazine groups is 1. The van der Waals surface area contributed by atoms with Crippen molar-refractivity contribution in [3.05, 3.63) is 29.8 Å². The highest BCUT2D eigenvalue weighted by atomic mass is 16.2. The minimum atomic E-state index is -0.371. The Kier molecular flexibility index (Phi) is 9.52. The van der Waals surface area contributed by atoms with Crippen molar-refractivity contribution in [3.8, 4) is 0 Å². The summed E-state index contributed by atoms with van der Waals surface area (Å²) in [7, 11) is 0. The van der Waals surface area contributed by atoms with Crippen molar-refractivity contribution in [2.24, 2.45) is 5.92 Å². The number of carbonyl (C=O) groups is 3. The molecule has 1 fully saturated rings. The normalized spacial score (nSPS) is 14.3. The van der Waals surface area contributed by atoms with Crippen LogP contribution in [0.15, 0.2) is 24.3 Å². The third-order valence-corrected chi connectivity index (χ3v) is 5.21. The number of hydrogen-bond acceptors (Lipinski definition) is 3. The number of anilines is 1. The van der Waals surface area contributed by atoms with Crippen molar-refractivity contribution in [2.45, 2.75) is 77.6 Å². The molecule has 0 saturated heterocycles. The van der Waals surface area contributed by atoms with Gasteiger partial charge in [-0.1, -0.05) is 51.9 Å². The fourth-order valence-corrected chi connectivity index (χ4v) is 3.46. The quantitative estimate of drug-likeness (QED) is 0.435. The second-order valence-electron chi connectivity index (χ2n) is 7.57. The van der Waals surface area contributed by atoms with E-state index in [1.54, 1.807) is 24.3 Å². The molecule has 1 aromatic rings. The van der Waals surface area contributed by atoms with Crippen molar-refractivity contribution in [1.82, 2.24) is 10.9 Å². The van der Waals surface area contributed by atoms with E-state index in [0.717, 1.165) is 44.9 Å². The first kappa shape index (κ1) is 21.9. The van der Waals surface area contributed by atoms with Crippen LogP contribution in [0.1, 0.15) is 87.9 Å². The van der Waals surface area contributed by atoms with Crippen LogP contribution in [0.5, 0.6) is 0 Å². The van der Waals surface area contributed by atoms with E-state index in [9.17, 15) is 14.4 Å². The van der Waals surface area contributed by atoms with Crippen molar-refractivity contribution < 1.29 is 14.4 Å². The number of rotatable bonds is 9. The summed E-state index contributed by atoms with van der Waals surface area (Å²) < 4.78 is 0. The molecule has 3 amide bonds. The molecule has 0 heterocycles. The van der Waals surface area contributed by atoms with Crippen LogP contribution >= 0.6 is 0 Å². The Hall–Kier alpha value is -2.37. The largest absolute Gasteiger partial charge is 0.326 e. The minimum absolute atomic E-state index is 0.0584. The van der Waals surface area contributed by atoms with Gasteiger partial charge in [0.25, 0.3) is 5.91 Å². The topological polar surface area (TPSA) is 87.3 Å². The van der Waals surface area contributed by atoms with E-state index in [2.05, 4.69) is 23.1 Å². The van der Waals surface area contributed by atoms with Gasteiger partial charge in [0.2, 0.25) is 11.8 Å². The highest BCUT2D eigenvalue weighted by molar-refractivity contribution is 5.97. The van der Waals surface area contributed by atoms with Crippen LogP contribution < -0.4 is 16.2 Å². The monoisotopic (exact) mass is 387 g/mol. The van der Waals surface area contributed by atoms with Gasteiger partial charge in [0, 0.05) is 23.6 Å². The maximum atomic E-state index is 12.3. The van der Waals surface area contributed by atoms with E-state index in [4.69, 9.17) is 0 Å². The molecule has 1 saturated carbocycles. The summed E-state index contributed by atoms with van der Waals surface area (Å²) in [6, 6.07) is 6.71. The summed E-state index contributed by atoms with van der Waals surface area (Å²) in [5.41, 5.74) is 6.00. The van der Waals surface area contributed by atoms with Crippen LogP contribution in [-0.2, 0) is 9.59 Å². The molecular formula is C22H33N3O3. The molecule has 6 nitrogen and oxygen atoms in total. The lowest BCUT2D eigenvalue weighted by Gasteiger charge is -2.20. The summed E-state index contributed by atoms with van der Waals surface area (Å²) in [6.45, 7) is 2.15. The van der Waals surface area contributed by atoms with Gasteiger partial charge < -0.3 is 5.32 Å². The molecule has 28 heavy (non-hydrogen) atoms. The minimum Gasteiger partial charge on any atom is -0.326 e. The van der Waals surface area contributed by atoms with E-state index < -0.39 is 0 Å². The molecule has 1 aliphatic carbocycles. The molecule has 0 aromatic heterocycles. The Bertz CT molecular complexity index is 637.